The first-order chi connectivity index (χ1) is 9.24. The minimum atomic E-state index is 0.103. The van der Waals surface area contributed by atoms with Gasteiger partial charge in [0.15, 0.2) is 5.78 Å². The number of carbonyl (C=O) groups is 1. The summed E-state index contributed by atoms with van der Waals surface area (Å²) in [5, 5.41) is 0. The molecule has 98 valence electrons. The number of aryl methyl sites for hydroxylation is 2. The molecule has 0 N–H and O–H groups in total. The molecule has 0 aromatic heterocycles. The number of benzene rings is 2. The first-order valence-electron chi connectivity index (χ1n) is 6.97. The topological polar surface area (TPSA) is 17.1 Å². The number of hydrogen-bond acceptors (Lipinski definition) is 1. The Kier molecular flexibility index (Phi) is 4.51. The quantitative estimate of drug-likeness (QED) is 0.719. The Balaban J connectivity index is 2.18. The third-order valence-corrected chi connectivity index (χ3v) is 3.38. The van der Waals surface area contributed by atoms with Gasteiger partial charge in [-0.3, -0.25) is 4.79 Å². The number of carbonyl (C=O) groups excluding carboxylic acids is 1. The van der Waals surface area contributed by atoms with Gasteiger partial charge in [0.2, 0.25) is 0 Å². The van der Waals surface area contributed by atoms with Gasteiger partial charge in [0.05, 0.1) is 0 Å². The Morgan fingerprint density at radius 1 is 0.789 bits per heavy atom. The van der Waals surface area contributed by atoms with E-state index in [1.54, 1.807) is 0 Å². The Bertz CT molecular complexity index is 535. The molecule has 0 fully saturated rings. The predicted octanol–water partition coefficient (Wildman–Crippen LogP) is 4.43. The second-order valence-electron chi connectivity index (χ2n) is 4.83. The Morgan fingerprint density at radius 2 is 1.26 bits per heavy atom. The average Bonchev–Trinajstić information content (AvgIpc) is 2.48. The van der Waals surface area contributed by atoms with Crippen LogP contribution in [-0.4, -0.2) is 5.78 Å². The van der Waals surface area contributed by atoms with Crippen LogP contribution in [0.25, 0.3) is 0 Å². The Hall–Kier alpha value is -1.89. The molecule has 0 atom stereocenters. The summed E-state index contributed by atoms with van der Waals surface area (Å²) in [6.07, 6.45) is 3.20. The standard InChI is InChI=1S/C18H20O/c1-3-5-15-8-12-17(13-9-15)18(19)16-10-6-14(4-2)7-11-16/h6-13H,3-5H2,1-2H3. The average molecular weight is 252 g/mol. The maximum absolute atomic E-state index is 12.3. The van der Waals surface area contributed by atoms with E-state index in [0.29, 0.717) is 0 Å². The Labute approximate surface area is 115 Å². The molecule has 19 heavy (non-hydrogen) atoms. The van der Waals surface area contributed by atoms with Gasteiger partial charge in [-0.15, -0.1) is 0 Å². The highest BCUT2D eigenvalue weighted by atomic mass is 16.1. The first-order valence-corrected chi connectivity index (χ1v) is 6.97. The molecule has 0 saturated carbocycles. The highest BCUT2D eigenvalue weighted by Gasteiger charge is 2.08. The van der Waals surface area contributed by atoms with E-state index in [9.17, 15) is 4.79 Å². The molecule has 0 aliphatic heterocycles. The third kappa shape index (κ3) is 3.31. The van der Waals surface area contributed by atoms with Crippen LogP contribution in [0.2, 0.25) is 0 Å². The fourth-order valence-corrected chi connectivity index (χ4v) is 2.17. The van der Waals surface area contributed by atoms with Crippen molar-refractivity contribution in [2.45, 2.75) is 33.1 Å². The van der Waals surface area contributed by atoms with Crippen molar-refractivity contribution < 1.29 is 4.79 Å². The normalized spacial score (nSPS) is 10.4. The molecule has 1 heteroatoms. The van der Waals surface area contributed by atoms with Crippen LogP contribution in [0.3, 0.4) is 0 Å². The summed E-state index contributed by atoms with van der Waals surface area (Å²) >= 11 is 0. The van der Waals surface area contributed by atoms with Crippen molar-refractivity contribution in [2.75, 3.05) is 0 Å². The fourth-order valence-electron chi connectivity index (χ4n) is 2.17. The van der Waals surface area contributed by atoms with Crippen LogP contribution < -0.4 is 0 Å². The van der Waals surface area contributed by atoms with Crippen molar-refractivity contribution in [2.24, 2.45) is 0 Å². The minimum Gasteiger partial charge on any atom is -0.289 e. The van der Waals surface area contributed by atoms with E-state index < -0.39 is 0 Å². The highest BCUT2D eigenvalue weighted by molar-refractivity contribution is 6.08. The van der Waals surface area contributed by atoms with Gasteiger partial charge in [0.1, 0.15) is 0 Å². The van der Waals surface area contributed by atoms with Crippen LogP contribution in [-0.2, 0) is 12.8 Å². The monoisotopic (exact) mass is 252 g/mol. The molecule has 0 aliphatic carbocycles. The molecule has 0 aliphatic rings. The van der Waals surface area contributed by atoms with Gasteiger partial charge >= 0.3 is 0 Å². The van der Waals surface area contributed by atoms with E-state index in [-0.39, 0.29) is 5.78 Å². The zero-order valence-electron chi connectivity index (χ0n) is 11.6. The van der Waals surface area contributed by atoms with E-state index >= 15 is 0 Å². The van der Waals surface area contributed by atoms with Crippen LogP contribution in [0.1, 0.15) is 47.3 Å². The van der Waals surface area contributed by atoms with Gasteiger partial charge in [-0.2, -0.15) is 0 Å². The molecule has 0 bridgehead atoms. The molecular weight excluding hydrogens is 232 g/mol. The van der Waals surface area contributed by atoms with Crippen molar-refractivity contribution in [3.05, 3.63) is 70.8 Å². The molecule has 0 amide bonds. The third-order valence-electron chi connectivity index (χ3n) is 3.38. The van der Waals surface area contributed by atoms with Gasteiger partial charge in [-0.25, -0.2) is 0 Å². The second-order valence-corrected chi connectivity index (χ2v) is 4.83. The van der Waals surface area contributed by atoms with E-state index in [1.165, 1.54) is 11.1 Å². The molecule has 0 spiro atoms. The second kappa shape index (κ2) is 6.33. The largest absolute Gasteiger partial charge is 0.289 e. The van der Waals surface area contributed by atoms with Crippen molar-refractivity contribution in [1.29, 1.82) is 0 Å². The van der Waals surface area contributed by atoms with Gasteiger partial charge < -0.3 is 0 Å². The molecule has 2 rings (SSSR count). The maximum atomic E-state index is 12.3. The lowest BCUT2D eigenvalue weighted by molar-refractivity contribution is 0.103. The summed E-state index contributed by atoms with van der Waals surface area (Å²) < 4.78 is 0. The minimum absolute atomic E-state index is 0.103. The van der Waals surface area contributed by atoms with Crippen LogP contribution in [0, 0.1) is 0 Å². The van der Waals surface area contributed by atoms with Crippen LogP contribution in [0.4, 0.5) is 0 Å². The fraction of sp³-hybridized carbons (Fsp3) is 0.278. The molecule has 2 aromatic carbocycles. The number of rotatable bonds is 5. The van der Waals surface area contributed by atoms with E-state index in [0.717, 1.165) is 30.4 Å². The lowest BCUT2D eigenvalue weighted by Gasteiger charge is -2.04. The molecule has 0 saturated heterocycles. The van der Waals surface area contributed by atoms with Crippen molar-refractivity contribution >= 4 is 5.78 Å². The summed E-state index contributed by atoms with van der Waals surface area (Å²) in [5.41, 5.74) is 4.08. The Morgan fingerprint density at radius 3 is 1.68 bits per heavy atom. The zero-order valence-corrected chi connectivity index (χ0v) is 11.6. The van der Waals surface area contributed by atoms with Crippen molar-refractivity contribution in [3.63, 3.8) is 0 Å². The maximum Gasteiger partial charge on any atom is 0.193 e. The predicted molar refractivity (Wildman–Crippen MR) is 79.7 cm³/mol. The summed E-state index contributed by atoms with van der Waals surface area (Å²) in [6, 6.07) is 15.9. The van der Waals surface area contributed by atoms with Gasteiger partial charge in [-0.1, -0.05) is 68.8 Å². The summed E-state index contributed by atoms with van der Waals surface area (Å²) in [4.78, 5) is 12.3. The first kappa shape index (κ1) is 13.5. The summed E-state index contributed by atoms with van der Waals surface area (Å²) in [7, 11) is 0. The van der Waals surface area contributed by atoms with Gasteiger partial charge in [-0.05, 0) is 24.0 Å². The number of ketones is 1. The molecule has 0 heterocycles. The van der Waals surface area contributed by atoms with Crippen LogP contribution >= 0.6 is 0 Å². The zero-order chi connectivity index (χ0) is 13.7. The molecule has 0 unspecified atom stereocenters. The van der Waals surface area contributed by atoms with Gasteiger partial charge in [0, 0.05) is 11.1 Å². The van der Waals surface area contributed by atoms with E-state index in [2.05, 4.69) is 26.0 Å². The van der Waals surface area contributed by atoms with Crippen LogP contribution in [0.5, 0.6) is 0 Å². The lowest BCUT2D eigenvalue weighted by atomic mass is 9.99. The number of hydrogen-bond donors (Lipinski definition) is 0. The summed E-state index contributed by atoms with van der Waals surface area (Å²) in [5.74, 6) is 0.103. The smallest absolute Gasteiger partial charge is 0.193 e. The SMILES string of the molecule is CCCc1ccc(C(=O)c2ccc(CC)cc2)cc1. The highest BCUT2D eigenvalue weighted by Crippen LogP contribution is 2.13. The van der Waals surface area contributed by atoms with Crippen LogP contribution in [0.15, 0.2) is 48.5 Å². The molecule has 2 aromatic rings. The van der Waals surface area contributed by atoms with Gasteiger partial charge in [0.25, 0.3) is 0 Å². The summed E-state index contributed by atoms with van der Waals surface area (Å²) in [6.45, 7) is 4.28. The van der Waals surface area contributed by atoms with E-state index in [4.69, 9.17) is 0 Å². The molecular formula is C18H20O. The van der Waals surface area contributed by atoms with E-state index in [1.807, 2.05) is 36.4 Å². The van der Waals surface area contributed by atoms with Crippen molar-refractivity contribution in [3.8, 4) is 0 Å². The molecule has 0 radical (unpaired) electrons. The lowest BCUT2D eigenvalue weighted by Crippen LogP contribution is -2.01. The van der Waals surface area contributed by atoms with Crippen molar-refractivity contribution in [1.82, 2.24) is 0 Å². The molecule has 1 nitrogen and oxygen atoms in total.